The van der Waals surface area contributed by atoms with Crippen LogP contribution in [-0.2, 0) is 0 Å². The highest BCUT2D eigenvalue weighted by Gasteiger charge is 2.19. The number of rotatable bonds is 4. The molecular weight excluding hydrogens is 426 g/mol. The number of amides is 1. The molecule has 0 unspecified atom stereocenters. The van der Waals surface area contributed by atoms with Crippen molar-refractivity contribution in [3.8, 4) is 11.5 Å². The van der Waals surface area contributed by atoms with Crippen LogP contribution in [0, 0.1) is 34.6 Å². The summed E-state index contributed by atoms with van der Waals surface area (Å²) in [7, 11) is 0. The summed E-state index contributed by atoms with van der Waals surface area (Å²) < 4.78 is 3.44. The second-order valence-electron chi connectivity index (χ2n) is 8.69. The standard InChI is InChI=1S/C26H25N7O/c1-15-6-7-22(18(4)9-15)32-24-21(13-29-32)25(28-14-27-24)33-23(12-19(5)31-33)30-26(34)20-10-16(2)8-17(3)11-20/h6-14H,1-5H3,(H,30,34). The van der Waals surface area contributed by atoms with Crippen LogP contribution in [0.15, 0.2) is 55.0 Å². The van der Waals surface area contributed by atoms with Gasteiger partial charge in [0.15, 0.2) is 11.5 Å². The molecule has 1 N–H and O–H groups in total. The van der Waals surface area contributed by atoms with Crippen molar-refractivity contribution in [3.05, 3.63) is 88.5 Å². The van der Waals surface area contributed by atoms with Gasteiger partial charge in [0, 0.05) is 11.6 Å². The Morgan fingerprint density at radius 3 is 2.35 bits per heavy atom. The number of carbonyl (C=O) groups excluding carboxylic acids is 1. The summed E-state index contributed by atoms with van der Waals surface area (Å²) in [6.07, 6.45) is 3.22. The number of anilines is 1. The van der Waals surface area contributed by atoms with E-state index in [1.165, 1.54) is 11.9 Å². The van der Waals surface area contributed by atoms with Crippen molar-refractivity contribution in [2.45, 2.75) is 34.6 Å². The molecular formula is C26H25N7O. The third-order valence-electron chi connectivity index (χ3n) is 5.68. The number of benzene rings is 2. The van der Waals surface area contributed by atoms with Gasteiger partial charge in [-0.3, -0.25) is 4.79 Å². The lowest BCUT2D eigenvalue weighted by Crippen LogP contribution is -2.16. The highest BCUT2D eigenvalue weighted by Crippen LogP contribution is 2.26. The number of carbonyl (C=O) groups is 1. The molecule has 0 bridgehead atoms. The van der Waals surface area contributed by atoms with E-state index < -0.39 is 0 Å². The molecule has 0 aliphatic carbocycles. The van der Waals surface area contributed by atoms with E-state index in [9.17, 15) is 4.79 Å². The topological polar surface area (TPSA) is 90.5 Å². The lowest BCUT2D eigenvalue weighted by molar-refractivity contribution is 0.102. The first-order valence-electron chi connectivity index (χ1n) is 11.0. The number of aromatic nitrogens is 6. The Bertz CT molecular complexity index is 1540. The summed E-state index contributed by atoms with van der Waals surface area (Å²) in [5, 5.41) is 12.9. The number of hydrogen-bond acceptors (Lipinski definition) is 5. The zero-order chi connectivity index (χ0) is 24.0. The largest absolute Gasteiger partial charge is 0.306 e. The minimum absolute atomic E-state index is 0.204. The van der Waals surface area contributed by atoms with Gasteiger partial charge in [-0.05, 0) is 58.4 Å². The fourth-order valence-electron chi connectivity index (χ4n) is 4.26. The van der Waals surface area contributed by atoms with Crippen molar-refractivity contribution < 1.29 is 4.79 Å². The van der Waals surface area contributed by atoms with Crippen LogP contribution < -0.4 is 5.32 Å². The van der Waals surface area contributed by atoms with E-state index in [0.29, 0.717) is 22.8 Å². The quantitative estimate of drug-likeness (QED) is 0.424. The fourth-order valence-corrected chi connectivity index (χ4v) is 4.26. The van der Waals surface area contributed by atoms with Gasteiger partial charge in [0.1, 0.15) is 12.1 Å². The number of hydrogen-bond donors (Lipinski definition) is 1. The average Bonchev–Trinajstić information content (AvgIpc) is 3.36. The van der Waals surface area contributed by atoms with Crippen LogP contribution >= 0.6 is 0 Å². The number of nitrogens with one attached hydrogen (secondary N) is 1. The number of nitrogens with zero attached hydrogens (tertiary/aromatic N) is 6. The van der Waals surface area contributed by atoms with E-state index in [1.807, 2.05) is 51.1 Å². The first-order valence-corrected chi connectivity index (χ1v) is 11.0. The summed E-state index contributed by atoms with van der Waals surface area (Å²) >= 11 is 0. The molecule has 0 spiro atoms. The lowest BCUT2D eigenvalue weighted by Gasteiger charge is -2.11. The first kappa shape index (κ1) is 21.5. The molecule has 8 heteroatoms. The van der Waals surface area contributed by atoms with Crippen molar-refractivity contribution in [1.29, 1.82) is 0 Å². The zero-order valence-corrected chi connectivity index (χ0v) is 19.8. The average molecular weight is 452 g/mol. The molecule has 0 aliphatic rings. The van der Waals surface area contributed by atoms with Gasteiger partial charge in [0.25, 0.3) is 5.91 Å². The van der Waals surface area contributed by atoms with Gasteiger partial charge in [0.2, 0.25) is 0 Å². The summed E-state index contributed by atoms with van der Waals surface area (Å²) in [5.74, 6) is 0.870. The van der Waals surface area contributed by atoms with Crippen LogP contribution in [0.1, 0.15) is 38.3 Å². The second kappa shape index (κ2) is 8.22. The Morgan fingerprint density at radius 2 is 1.62 bits per heavy atom. The molecule has 5 aromatic rings. The van der Waals surface area contributed by atoms with Crippen LogP contribution in [0.3, 0.4) is 0 Å². The molecule has 0 saturated heterocycles. The zero-order valence-electron chi connectivity index (χ0n) is 19.8. The van der Waals surface area contributed by atoms with E-state index in [-0.39, 0.29) is 5.91 Å². The summed E-state index contributed by atoms with van der Waals surface area (Å²) in [4.78, 5) is 22.0. The van der Waals surface area contributed by atoms with Crippen LogP contribution in [0.25, 0.3) is 22.5 Å². The predicted octanol–water partition coefficient (Wildman–Crippen LogP) is 4.80. The van der Waals surface area contributed by atoms with Gasteiger partial charge in [0.05, 0.1) is 23.0 Å². The molecule has 3 aromatic heterocycles. The monoisotopic (exact) mass is 451 g/mol. The fraction of sp³-hybridized carbons (Fsp3) is 0.192. The minimum Gasteiger partial charge on any atom is -0.306 e. The minimum atomic E-state index is -0.204. The van der Waals surface area contributed by atoms with Gasteiger partial charge >= 0.3 is 0 Å². The van der Waals surface area contributed by atoms with Crippen molar-refractivity contribution in [1.82, 2.24) is 29.5 Å². The predicted molar refractivity (Wildman–Crippen MR) is 132 cm³/mol. The normalized spacial score (nSPS) is 11.2. The molecule has 0 atom stereocenters. The molecule has 0 fully saturated rings. The van der Waals surface area contributed by atoms with Gasteiger partial charge in [-0.1, -0.05) is 34.9 Å². The molecule has 0 aliphatic heterocycles. The summed E-state index contributed by atoms with van der Waals surface area (Å²) in [6.45, 7) is 9.94. The molecule has 0 radical (unpaired) electrons. The highest BCUT2D eigenvalue weighted by atomic mass is 16.1. The molecule has 5 rings (SSSR count). The first-order chi connectivity index (χ1) is 16.3. The molecule has 34 heavy (non-hydrogen) atoms. The van der Waals surface area contributed by atoms with E-state index in [2.05, 4.69) is 51.5 Å². The maximum Gasteiger partial charge on any atom is 0.256 e. The third kappa shape index (κ3) is 3.83. The molecule has 0 saturated carbocycles. The van der Waals surface area contributed by atoms with Gasteiger partial charge in [-0.25, -0.2) is 14.6 Å². The lowest BCUT2D eigenvalue weighted by atomic mass is 10.1. The highest BCUT2D eigenvalue weighted by molar-refractivity contribution is 6.04. The van der Waals surface area contributed by atoms with Crippen molar-refractivity contribution in [2.24, 2.45) is 0 Å². The smallest absolute Gasteiger partial charge is 0.256 e. The van der Waals surface area contributed by atoms with Crippen LogP contribution in [0.4, 0.5) is 5.82 Å². The Labute approximate surface area is 197 Å². The SMILES string of the molecule is Cc1cc(C)cc(C(=O)Nc2cc(C)nn2-c2ncnc3c2cnn3-c2ccc(C)cc2C)c1. The van der Waals surface area contributed by atoms with E-state index in [4.69, 9.17) is 0 Å². The van der Waals surface area contributed by atoms with Gasteiger partial charge < -0.3 is 5.32 Å². The maximum absolute atomic E-state index is 13.0. The van der Waals surface area contributed by atoms with Crippen molar-refractivity contribution in [2.75, 3.05) is 5.32 Å². The van der Waals surface area contributed by atoms with Crippen LogP contribution in [-0.4, -0.2) is 35.4 Å². The van der Waals surface area contributed by atoms with Gasteiger partial charge in [-0.2, -0.15) is 14.9 Å². The van der Waals surface area contributed by atoms with E-state index in [0.717, 1.165) is 33.5 Å². The van der Waals surface area contributed by atoms with Crippen molar-refractivity contribution >= 4 is 22.8 Å². The molecule has 8 nitrogen and oxygen atoms in total. The molecule has 2 aromatic carbocycles. The van der Waals surface area contributed by atoms with Crippen LogP contribution in [0.2, 0.25) is 0 Å². The number of aryl methyl sites for hydroxylation is 5. The molecule has 1 amide bonds. The van der Waals surface area contributed by atoms with E-state index in [1.54, 1.807) is 15.6 Å². The Hall–Kier alpha value is -4.33. The third-order valence-corrected chi connectivity index (χ3v) is 5.68. The van der Waals surface area contributed by atoms with Crippen molar-refractivity contribution in [3.63, 3.8) is 0 Å². The Morgan fingerprint density at radius 1 is 0.853 bits per heavy atom. The van der Waals surface area contributed by atoms with E-state index >= 15 is 0 Å². The molecule has 3 heterocycles. The van der Waals surface area contributed by atoms with Crippen LogP contribution in [0.5, 0.6) is 0 Å². The van der Waals surface area contributed by atoms with Gasteiger partial charge in [-0.15, -0.1) is 0 Å². The molecule has 170 valence electrons. The summed E-state index contributed by atoms with van der Waals surface area (Å²) in [5.41, 5.74) is 7.31. The number of fused-ring (bicyclic) bond motifs is 1. The summed E-state index contributed by atoms with van der Waals surface area (Å²) in [6, 6.07) is 13.8. The Balaban J connectivity index is 1.58. The Kier molecular flexibility index (Phi) is 5.20. The maximum atomic E-state index is 13.0. The second-order valence-corrected chi connectivity index (χ2v) is 8.69.